The Kier molecular flexibility index (Phi) is 4.58. The van der Waals surface area contributed by atoms with Crippen LogP contribution in [0.25, 0.3) is 0 Å². The lowest BCUT2D eigenvalue weighted by Gasteiger charge is -2.18. The molecule has 0 aliphatic carbocycles. The largest absolute Gasteiger partial charge is 0.497 e. The van der Waals surface area contributed by atoms with Crippen LogP contribution >= 0.6 is 11.6 Å². The van der Waals surface area contributed by atoms with E-state index < -0.39 is 0 Å². The van der Waals surface area contributed by atoms with Crippen molar-refractivity contribution in [2.24, 2.45) is 0 Å². The zero-order chi connectivity index (χ0) is 14.5. The van der Waals surface area contributed by atoms with Crippen molar-refractivity contribution in [2.75, 3.05) is 14.2 Å². The lowest BCUT2D eigenvalue weighted by Crippen LogP contribution is -2.26. The van der Waals surface area contributed by atoms with Crippen molar-refractivity contribution < 1.29 is 9.53 Å². The standard InChI is InChI=1S/C15H15ClN2O2/c1-18(10-11-3-5-12(20-2)6-4-11)15(19)13-7-8-17-9-14(13)16/h3-9H,10H2,1-2H3. The van der Waals surface area contributed by atoms with Gasteiger partial charge in [-0.2, -0.15) is 0 Å². The number of hydrogen-bond donors (Lipinski definition) is 0. The Morgan fingerprint density at radius 3 is 2.60 bits per heavy atom. The molecule has 0 spiro atoms. The van der Waals surface area contributed by atoms with E-state index in [2.05, 4.69) is 4.98 Å². The van der Waals surface area contributed by atoms with Gasteiger partial charge in [0.25, 0.3) is 5.91 Å². The van der Waals surface area contributed by atoms with Crippen LogP contribution in [0.5, 0.6) is 5.75 Å². The summed E-state index contributed by atoms with van der Waals surface area (Å²) in [6.45, 7) is 0.501. The summed E-state index contributed by atoms with van der Waals surface area (Å²) < 4.78 is 5.10. The SMILES string of the molecule is COc1ccc(CN(C)C(=O)c2ccncc2Cl)cc1. The zero-order valence-electron chi connectivity index (χ0n) is 11.3. The van der Waals surface area contributed by atoms with E-state index in [4.69, 9.17) is 16.3 Å². The van der Waals surface area contributed by atoms with Gasteiger partial charge in [-0.05, 0) is 23.8 Å². The van der Waals surface area contributed by atoms with Gasteiger partial charge in [0.15, 0.2) is 0 Å². The Bertz CT molecular complexity index is 599. The van der Waals surface area contributed by atoms with Crippen LogP contribution in [-0.4, -0.2) is 29.9 Å². The Balaban J connectivity index is 2.09. The van der Waals surface area contributed by atoms with E-state index in [0.29, 0.717) is 17.1 Å². The summed E-state index contributed by atoms with van der Waals surface area (Å²) >= 11 is 5.98. The van der Waals surface area contributed by atoms with Gasteiger partial charge in [-0.15, -0.1) is 0 Å². The molecule has 0 fully saturated rings. The number of hydrogen-bond acceptors (Lipinski definition) is 3. The van der Waals surface area contributed by atoms with Gasteiger partial charge >= 0.3 is 0 Å². The van der Waals surface area contributed by atoms with Crippen molar-refractivity contribution in [3.8, 4) is 5.75 Å². The zero-order valence-corrected chi connectivity index (χ0v) is 12.1. The minimum atomic E-state index is -0.131. The average Bonchev–Trinajstić information content (AvgIpc) is 2.48. The number of aromatic nitrogens is 1. The number of rotatable bonds is 4. The average molecular weight is 291 g/mol. The van der Waals surface area contributed by atoms with Gasteiger partial charge < -0.3 is 9.64 Å². The monoisotopic (exact) mass is 290 g/mol. The van der Waals surface area contributed by atoms with Crippen LogP contribution in [0.1, 0.15) is 15.9 Å². The summed E-state index contributed by atoms with van der Waals surface area (Å²) in [4.78, 5) is 17.8. The van der Waals surface area contributed by atoms with Crippen LogP contribution in [0.4, 0.5) is 0 Å². The fourth-order valence-electron chi connectivity index (χ4n) is 1.83. The number of methoxy groups -OCH3 is 1. The minimum Gasteiger partial charge on any atom is -0.497 e. The number of halogens is 1. The molecule has 0 aliphatic rings. The van der Waals surface area contributed by atoms with E-state index in [9.17, 15) is 4.79 Å². The maximum Gasteiger partial charge on any atom is 0.255 e. The molecule has 0 N–H and O–H groups in total. The summed E-state index contributed by atoms with van der Waals surface area (Å²) in [5.41, 5.74) is 1.48. The van der Waals surface area contributed by atoms with Crippen molar-refractivity contribution in [2.45, 2.75) is 6.54 Å². The summed E-state index contributed by atoms with van der Waals surface area (Å²) in [7, 11) is 3.36. The highest BCUT2D eigenvalue weighted by molar-refractivity contribution is 6.33. The van der Waals surface area contributed by atoms with Gasteiger partial charge in [0, 0.05) is 26.0 Å². The van der Waals surface area contributed by atoms with Crippen molar-refractivity contribution in [3.63, 3.8) is 0 Å². The maximum absolute atomic E-state index is 12.3. The number of carbonyl (C=O) groups excluding carboxylic acids is 1. The van der Waals surface area contributed by atoms with Crippen LogP contribution < -0.4 is 4.74 Å². The van der Waals surface area contributed by atoms with Crippen LogP contribution in [-0.2, 0) is 6.54 Å². The van der Waals surface area contributed by atoms with Gasteiger partial charge in [-0.1, -0.05) is 23.7 Å². The Labute approximate surface area is 123 Å². The van der Waals surface area contributed by atoms with E-state index in [-0.39, 0.29) is 5.91 Å². The lowest BCUT2D eigenvalue weighted by atomic mass is 10.2. The van der Waals surface area contributed by atoms with Gasteiger partial charge in [0.1, 0.15) is 5.75 Å². The molecular formula is C15H15ClN2O2. The van der Waals surface area contributed by atoms with Crippen molar-refractivity contribution in [3.05, 3.63) is 58.9 Å². The number of nitrogens with zero attached hydrogens (tertiary/aromatic N) is 2. The van der Waals surface area contributed by atoms with Gasteiger partial charge in [0.2, 0.25) is 0 Å². The molecule has 1 heterocycles. The van der Waals surface area contributed by atoms with Crippen LogP contribution in [0.3, 0.4) is 0 Å². The molecule has 0 bridgehead atoms. The Morgan fingerprint density at radius 1 is 1.30 bits per heavy atom. The summed E-state index contributed by atoms with van der Waals surface area (Å²) in [5, 5.41) is 0.360. The quantitative estimate of drug-likeness (QED) is 0.869. The molecule has 20 heavy (non-hydrogen) atoms. The van der Waals surface area contributed by atoms with E-state index >= 15 is 0 Å². The van der Waals surface area contributed by atoms with Crippen LogP contribution in [0, 0.1) is 0 Å². The van der Waals surface area contributed by atoms with Crippen molar-refractivity contribution >= 4 is 17.5 Å². The second-order valence-corrected chi connectivity index (χ2v) is 4.77. The molecule has 0 aliphatic heterocycles. The third kappa shape index (κ3) is 3.27. The van der Waals surface area contributed by atoms with E-state index in [1.54, 1.807) is 31.3 Å². The summed E-state index contributed by atoms with van der Waals surface area (Å²) in [6, 6.07) is 9.21. The first-order chi connectivity index (χ1) is 9.61. The molecule has 4 nitrogen and oxygen atoms in total. The van der Waals surface area contributed by atoms with Crippen molar-refractivity contribution in [1.29, 1.82) is 0 Å². The molecule has 0 saturated carbocycles. The predicted octanol–water partition coefficient (Wildman–Crippen LogP) is 3.02. The molecule has 0 radical (unpaired) electrons. The second kappa shape index (κ2) is 6.39. The first kappa shape index (κ1) is 14.3. The van der Waals surface area contributed by atoms with Crippen LogP contribution in [0.2, 0.25) is 5.02 Å². The molecular weight excluding hydrogens is 276 g/mol. The first-order valence-electron chi connectivity index (χ1n) is 6.09. The molecule has 104 valence electrons. The molecule has 2 rings (SSSR count). The molecule has 1 aromatic heterocycles. The molecule has 2 aromatic rings. The topological polar surface area (TPSA) is 42.4 Å². The first-order valence-corrected chi connectivity index (χ1v) is 6.47. The molecule has 5 heteroatoms. The molecule has 0 atom stereocenters. The van der Waals surface area contributed by atoms with Crippen molar-refractivity contribution in [1.82, 2.24) is 9.88 Å². The summed E-state index contributed by atoms with van der Waals surface area (Å²) in [6.07, 6.45) is 3.02. The highest BCUT2D eigenvalue weighted by Gasteiger charge is 2.15. The van der Waals surface area contributed by atoms with E-state index in [1.165, 1.54) is 6.20 Å². The maximum atomic E-state index is 12.3. The van der Waals surface area contributed by atoms with E-state index in [0.717, 1.165) is 11.3 Å². The molecule has 1 amide bonds. The number of ether oxygens (including phenoxy) is 1. The second-order valence-electron chi connectivity index (χ2n) is 4.36. The lowest BCUT2D eigenvalue weighted by molar-refractivity contribution is 0.0785. The Hall–Kier alpha value is -2.07. The molecule has 0 saturated heterocycles. The summed E-state index contributed by atoms with van der Waals surface area (Å²) in [5.74, 6) is 0.660. The highest BCUT2D eigenvalue weighted by Crippen LogP contribution is 2.17. The molecule has 0 unspecified atom stereocenters. The number of amides is 1. The third-order valence-corrected chi connectivity index (χ3v) is 3.23. The highest BCUT2D eigenvalue weighted by atomic mass is 35.5. The minimum absolute atomic E-state index is 0.131. The van der Waals surface area contributed by atoms with E-state index in [1.807, 2.05) is 24.3 Å². The third-order valence-electron chi connectivity index (χ3n) is 2.93. The van der Waals surface area contributed by atoms with Gasteiger partial charge in [-0.3, -0.25) is 9.78 Å². The number of benzene rings is 1. The molecule has 1 aromatic carbocycles. The fraction of sp³-hybridized carbons (Fsp3) is 0.200. The normalized spacial score (nSPS) is 10.2. The number of carbonyl (C=O) groups is 1. The Morgan fingerprint density at radius 2 is 2.00 bits per heavy atom. The van der Waals surface area contributed by atoms with Gasteiger partial charge in [-0.25, -0.2) is 0 Å². The number of pyridine rings is 1. The smallest absolute Gasteiger partial charge is 0.255 e. The fourth-order valence-corrected chi connectivity index (χ4v) is 2.03. The van der Waals surface area contributed by atoms with Gasteiger partial charge in [0.05, 0.1) is 17.7 Å². The van der Waals surface area contributed by atoms with Crippen LogP contribution in [0.15, 0.2) is 42.7 Å². The predicted molar refractivity (Wildman–Crippen MR) is 78.0 cm³/mol.